The second-order valence-electron chi connectivity index (χ2n) is 4.39. The number of anilines is 1. The van der Waals surface area contributed by atoms with E-state index >= 15 is 0 Å². The summed E-state index contributed by atoms with van der Waals surface area (Å²) in [5.74, 6) is 0. The van der Waals surface area contributed by atoms with Crippen LogP contribution >= 0.6 is 22.9 Å². The van der Waals surface area contributed by atoms with Crippen molar-refractivity contribution in [3.63, 3.8) is 0 Å². The monoisotopic (exact) mass is 344 g/mol. The van der Waals surface area contributed by atoms with E-state index < -0.39 is 10.0 Å². The topological polar surface area (TPSA) is 78.8 Å². The lowest BCUT2D eigenvalue weighted by molar-refractivity contribution is 0.319. The van der Waals surface area contributed by atoms with Gasteiger partial charge < -0.3 is 5.21 Å². The minimum absolute atomic E-state index is 0.169. The van der Waals surface area contributed by atoms with Crippen LogP contribution in [0.25, 0.3) is 0 Å². The molecule has 0 aliphatic rings. The highest BCUT2D eigenvalue weighted by Gasteiger charge is 2.18. The molecule has 2 aromatic rings. The van der Waals surface area contributed by atoms with E-state index in [1.54, 1.807) is 38.1 Å². The van der Waals surface area contributed by atoms with Gasteiger partial charge in [0, 0.05) is 5.69 Å². The molecule has 1 heterocycles. The fourth-order valence-corrected chi connectivity index (χ4v) is 4.37. The molecule has 0 radical (unpaired) electrons. The second-order valence-corrected chi connectivity index (χ2v) is 7.95. The van der Waals surface area contributed by atoms with Crippen molar-refractivity contribution in [3.05, 3.63) is 45.8 Å². The number of benzene rings is 1. The Labute approximate surface area is 131 Å². The summed E-state index contributed by atoms with van der Waals surface area (Å²) in [7, 11) is -3.65. The van der Waals surface area contributed by atoms with Gasteiger partial charge in [-0.1, -0.05) is 28.9 Å². The molecule has 112 valence electrons. The summed E-state index contributed by atoms with van der Waals surface area (Å²) in [6, 6.07) is 8.07. The maximum absolute atomic E-state index is 12.2. The Bertz CT molecular complexity index is 761. The third kappa shape index (κ3) is 3.55. The van der Waals surface area contributed by atoms with Crippen molar-refractivity contribution >= 4 is 44.4 Å². The molecule has 1 aromatic carbocycles. The molecular formula is C13H13ClN2O3S2. The van der Waals surface area contributed by atoms with Gasteiger partial charge in [-0.25, -0.2) is 8.42 Å². The van der Waals surface area contributed by atoms with Gasteiger partial charge in [0.2, 0.25) is 0 Å². The second kappa shape index (κ2) is 6.05. The number of halogens is 1. The minimum atomic E-state index is -3.65. The minimum Gasteiger partial charge on any atom is -0.411 e. The molecule has 5 nitrogen and oxygen atoms in total. The van der Waals surface area contributed by atoms with Gasteiger partial charge in [0.05, 0.1) is 10.0 Å². The molecular weight excluding hydrogens is 332 g/mol. The van der Waals surface area contributed by atoms with Crippen LogP contribution in [0, 0.1) is 6.92 Å². The normalized spacial score (nSPS) is 12.4. The molecule has 2 rings (SSSR count). The van der Waals surface area contributed by atoms with E-state index in [2.05, 4.69) is 9.88 Å². The lowest BCUT2D eigenvalue weighted by Crippen LogP contribution is -2.11. The van der Waals surface area contributed by atoms with E-state index in [9.17, 15) is 8.42 Å². The zero-order valence-corrected chi connectivity index (χ0v) is 13.7. The van der Waals surface area contributed by atoms with Crippen LogP contribution in [0.5, 0.6) is 0 Å². The number of sulfonamides is 1. The van der Waals surface area contributed by atoms with Crippen LogP contribution in [0.4, 0.5) is 5.69 Å². The Morgan fingerprint density at radius 3 is 2.43 bits per heavy atom. The molecule has 2 N–H and O–H groups in total. The third-order valence-electron chi connectivity index (χ3n) is 2.80. The van der Waals surface area contributed by atoms with Gasteiger partial charge in [0.15, 0.2) is 0 Å². The van der Waals surface area contributed by atoms with Crippen LogP contribution in [-0.2, 0) is 10.0 Å². The van der Waals surface area contributed by atoms with Gasteiger partial charge >= 0.3 is 0 Å². The SMILES string of the molecule is C/C(=N/O)c1ccc(NS(=O)(=O)c2cc(C)c(Cl)s2)cc1. The molecule has 1 aromatic heterocycles. The van der Waals surface area contributed by atoms with E-state index in [0.29, 0.717) is 21.3 Å². The first-order valence-corrected chi connectivity index (χ1v) is 8.59. The first kappa shape index (κ1) is 15.8. The van der Waals surface area contributed by atoms with E-state index in [-0.39, 0.29) is 4.21 Å². The number of nitrogens with one attached hydrogen (secondary N) is 1. The van der Waals surface area contributed by atoms with Crippen molar-refractivity contribution in [1.82, 2.24) is 0 Å². The molecule has 0 fully saturated rings. The van der Waals surface area contributed by atoms with Gasteiger partial charge in [-0.05, 0) is 43.2 Å². The summed E-state index contributed by atoms with van der Waals surface area (Å²) in [6.07, 6.45) is 0. The zero-order chi connectivity index (χ0) is 15.6. The fourth-order valence-electron chi connectivity index (χ4n) is 1.61. The Morgan fingerprint density at radius 2 is 1.95 bits per heavy atom. The van der Waals surface area contributed by atoms with Crippen LogP contribution in [0.1, 0.15) is 18.1 Å². The van der Waals surface area contributed by atoms with Crippen molar-refractivity contribution in [2.75, 3.05) is 4.72 Å². The van der Waals surface area contributed by atoms with E-state index in [1.165, 1.54) is 6.07 Å². The van der Waals surface area contributed by atoms with Crippen LogP contribution in [0.2, 0.25) is 4.34 Å². The van der Waals surface area contributed by atoms with E-state index in [0.717, 1.165) is 16.9 Å². The molecule has 0 aliphatic carbocycles. The number of thiophene rings is 1. The average Bonchev–Trinajstić information content (AvgIpc) is 2.79. The number of aryl methyl sites for hydroxylation is 1. The summed E-state index contributed by atoms with van der Waals surface area (Å²) < 4.78 is 27.5. The smallest absolute Gasteiger partial charge is 0.271 e. The standard InChI is InChI=1S/C13H13ClN2O3S2/c1-8-7-12(20-13(8)14)21(18,19)16-11-5-3-10(4-6-11)9(2)15-17/h3-7,16-17H,1-2H3/b15-9-. The third-order valence-corrected chi connectivity index (χ3v) is 6.21. The molecule has 0 atom stereocenters. The van der Waals surface area contributed by atoms with Crippen molar-refractivity contribution in [2.24, 2.45) is 5.16 Å². The van der Waals surface area contributed by atoms with E-state index in [4.69, 9.17) is 16.8 Å². The quantitative estimate of drug-likeness (QED) is 0.504. The highest BCUT2D eigenvalue weighted by atomic mass is 35.5. The molecule has 0 aliphatic heterocycles. The first-order valence-electron chi connectivity index (χ1n) is 5.91. The fraction of sp³-hybridized carbons (Fsp3) is 0.154. The van der Waals surface area contributed by atoms with Crippen molar-refractivity contribution in [3.8, 4) is 0 Å². The van der Waals surface area contributed by atoms with Crippen LogP contribution in [0.3, 0.4) is 0 Å². The van der Waals surface area contributed by atoms with Crippen molar-refractivity contribution in [1.29, 1.82) is 0 Å². The van der Waals surface area contributed by atoms with Crippen molar-refractivity contribution in [2.45, 2.75) is 18.1 Å². The average molecular weight is 345 g/mol. The predicted octanol–water partition coefficient (Wildman–Crippen LogP) is 3.71. The molecule has 0 amide bonds. The van der Waals surface area contributed by atoms with Gasteiger partial charge in [-0.3, -0.25) is 4.72 Å². The largest absolute Gasteiger partial charge is 0.411 e. The van der Waals surface area contributed by atoms with E-state index in [1.807, 2.05) is 0 Å². The summed E-state index contributed by atoms with van der Waals surface area (Å²) >= 11 is 6.91. The number of oxime groups is 1. The molecule has 21 heavy (non-hydrogen) atoms. The van der Waals surface area contributed by atoms with Crippen LogP contribution in [-0.4, -0.2) is 19.3 Å². The number of nitrogens with zero attached hydrogens (tertiary/aromatic N) is 1. The Hall–Kier alpha value is -1.57. The highest BCUT2D eigenvalue weighted by Crippen LogP contribution is 2.31. The van der Waals surface area contributed by atoms with Crippen LogP contribution in [0.15, 0.2) is 39.7 Å². The van der Waals surface area contributed by atoms with Crippen molar-refractivity contribution < 1.29 is 13.6 Å². The molecule has 0 unspecified atom stereocenters. The molecule has 0 saturated heterocycles. The number of hydrogen-bond acceptors (Lipinski definition) is 5. The summed E-state index contributed by atoms with van der Waals surface area (Å²) in [5, 5.41) is 11.8. The lowest BCUT2D eigenvalue weighted by atomic mass is 10.1. The number of hydrogen-bond donors (Lipinski definition) is 2. The first-order chi connectivity index (χ1) is 9.83. The van der Waals surface area contributed by atoms with Crippen LogP contribution < -0.4 is 4.72 Å². The Kier molecular flexibility index (Phi) is 4.55. The maximum Gasteiger partial charge on any atom is 0.271 e. The molecule has 0 spiro atoms. The lowest BCUT2D eigenvalue weighted by Gasteiger charge is -2.07. The number of rotatable bonds is 4. The highest BCUT2D eigenvalue weighted by molar-refractivity contribution is 7.94. The predicted molar refractivity (Wildman–Crippen MR) is 85.3 cm³/mol. The summed E-state index contributed by atoms with van der Waals surface area (Å²) in [6.45, 7) is 3.40. The summed E-state index contributed by atoms with van der Waals surface area (Å²) in [5.41, 5.74) is 2.30. The summed E-state index contributed by atoms with van der Waals surface area (Å²) in [4.78, 5) is 0. The van der Waals surface area contributed by atoms with Gasteiger partial charge in [-0.15, -0.1) is 11.3 Å². The Morgan fingerprint density at radius 1 is 1.33 bits per heavy atom. The maximum atomic E-state index is 12.2. The zero-order valence-electron chi connectivity index (χ0n) is 11.3. The van der Waals surface area contributed by atoms with Gasteiger partial charge in [-0.2, -0.15) is 0 Å². The Balaban J connectivity index is 2.25. The molecule has 8 heteroatoms. The molecule has 0 bridgehead atoms. The van der Waals surface area contributed by atoms with Gasteiger partial charge in [0.25, 0.3) is 10.0 Å². The van der Waals surface area contributed by atoms with Gasteiger partial charge in [0.1, 0.15) is 4.21 Å². The molecule has 0 saturated carbocycles.